The zero-order chi connectivity index (χ0) is 10.6. The van der Waals surface area contributed by atoms with Crippen LogP contribution in [0.3, 0.4) is 0 Å². The van der Waals surface area contributed by atoms with E-state index in [1.165, 1.54) is 0 Å². The average molecular weight is 211 g/mol. The third-order valence-electron chi connectivity index (χ3n) is 1.89. The van der Waals surface area contributed by atoms with Gasteiger partial charge in [-0.05, 0) is 18.6 Å². The van der Waals surface area contributed by atoms with E-state index >= 15 is 0 Å². The van der Waals surface area contributed by atoms with E-state index in [0.29, 0.717) is 11.3 Å². The van der Waals surface area contributed by atoms with Crippen LogP contribution >= 0.6 is 0 Å². The van der Waals surface area contributed by atoms with Gasteiger partial charge in [-0.15, -0.1) is 0 Å². The van der Waals surface area contributed by atoms with Crippen LogP contribution in [-0.2, 0) is 9.84 Å². The van der Waals surface area contributed by atoms with Crippen LogP contribution in [0.25, 0.3) is 0 Å². The Morgan fingerprint density at radius 1 is 1.29 bits per heavy atom. The molecule has 0 saturated carbocycles. The maximum atomic E-state index is 11.7. The topological polar surface area (TPSA) is 58.0 Å². The summed E-state index contributed by atoms with van der Waals surface area (Å²) in [7, 11) is -3.30. The summed E-state index contributed by atoms with van der Waals surface area (Å²) in [5.41, 5.74) is 0.244. The molecule has 1 aromatic rings. The van der Waals surface area contributed by atoms with Crippen molar-refractivity contribution < 1.29 is 8.42 Å². The van der Waals surface area contributed by atoms with Crippen LogP contribution in [0.15, 0.2) is 35.2 Å². The molecule has 0 aromatic heterocycles. The molecule has 0 aliphatic carbocycles. The number of nitrogens with one attached hydrogen (secondary N) is 1. The Morgan fingerprint density at radius 2 is 1.86 bits per heavy atom. The molecule has 0 aliphatic rings. The van der Waals surface area contributed by atoms with Gasteiger partial charge in [-0.1, -0.05) is 25.1 Å². The molecule has 0 aliphatic heterocycles. The summed E-state index contributed by atoms with van der Waals surface area (Å²) in [6.45, 7) is 1.78. The summed E-state index contributed by atoms with van der Waals surface area (Å²) < 4.78 is 23.3. The first kappa shape index (κ1) is 10.9. The lowest BCUT2D eigenvalue weighted by molar-refractivity contribution is 0.599. The highest BCUT2D eigenvalue weighted by molar-refractivity contribution is 7.92. The van der Waals surface area contributed by atoms with Crippen LogP contribution in [0.2, 0.25) is 0 Å². The number of sulfone groups is 1. The van der Waals surface area contributed by atoms with Gasteiger partial charge in [0.05, 0.1) is 10.6 Å². The molecule has 0 unspecified atom stereocenters. The Balaban J connectivity index is 2.93. The van der Waals surface area contributed by atoms with Crippen LogP contribution in [0.5, 0.6) is 0 Å². The Kier molecular flexibility index (Phi) is 3.41. The van der Waals surface area contributed by atoms with Crippen LogP contribution in [0.4, 0.5) is 0 Å². The monoisotopic (exact) mass is 211 g/mol. The summed E-state index contributed by atoms with van der Waals surface area (Å²) in [4.78, 5) is 0.290. The molecule has 0 spiro atoms. The van der Waals surface area contributed by atoms with Crippen molar-refractivity contribution in [3.8, 4) is 0 Å². The van der Waals surface area contributed by atoms with E-state index in [-0.39, 0.29) is 11.5 Å². The lowest BCUT2D eigenvalue weighted by Crippen LogP contribution is -2.14. The van der Waals surface area contributed by atoms with Gasteiger partial charge in [0.15, 0.2) is 9.84 Å². The van der Waals surface area contributed by atoms with Crippen molar-refractivity contribution in [3.05, 3.63) is 30.3 Å². The maximum Gasteiger partial charge on any atom is 0.183 e. The standard InChI is InChI=1S/C10H13NO2S/c1-2-9(11)8-14(12,13)10-6-4-3-5-7-10/h3-7,11H,2,8H2,1H3. The van der Waals surface area contributed by atoms with Crippen LogP contribution in [0, 0.1) is 5.41 Å². The first-order valence-corrected chi connectivity index (χ1v) is 6.05. The van der Waals surface area contributed by atoms with Crippen LogP contribution in [-0.4, -0.2) is 19.9 Å². The normalized spacial score (nSPS) is 11.2. The van der Waals surface area contributed by atoms with Crippen molar-refractivity contribution in [1.82, 2.24) is 0 Å². The van der Waals surface area contributed by atoms with Gasteiger partial charge in [0.2, 0.25) is 0 Å². The third kappa shape index (κ3) is 2.67. The quantitative estimate of drug-likeness (QED) is 0.773. The fourth-order valence-electron chi connectivity index (χ4n) is 1.04. The van der Waals surface area contributed by atoms with Crippen molar-refractivity contribution in [2.75, 3.05) is 5.75 Å². The molecular weight excluding hydrogens is 198 g/mol. The van der Waals surface area contributed by atoms with Gasteiger partial charge >= 0.3 is 0 Å². The summed E-state index contributed by atoms with van der Waals surface area (Å²) in [6.07, 6.45) is 0.478. The molecule has 3 nitrogen and oxygen atoms in total. The smallest absolute Gasteiger partial charge is 0.183 e. The number of rotatable bonds is 4. The van der Waals surface area contributed by atoms with E-state index in [1.807, 2.05) is 0 Å². The van der Waals surface area contributed by atoms with E-state index < -0.39 is 9.84 Å². The SMILES string of the molecule is CCC(=N)CS(=O)(=O)c1ccccc1. The molecule has 1 N–H and O–H groups in total. The Morgan fingerprint density at radius 3 is 2.36 bits per heavy atom. The van der Waals surface area contributed by atoms with Crippen LogP contribution < -0.4 is 0 Å². The minimum atomic E-state index is -3.30. The first-order chi connectivity index (χ1) is 6.56. The van der Waals surface area contributed by atoms with Gasteiger partial charge in [0.1, 0.15) is 0 Å². The second-order valence-corrected chi connectivity index (χ2v) is 5.02. The molecule has 0 heterocycles. The van der Waals surface area contributed by atoms with E-state index in [0.717, 1.165) is 0 Å². The molecule has 14 heavy (non-hydrogen) atoms. The highest BCUT2D eigenvalue weighted by Gasteiger charge is 2.15. The van der Waals surface area contributed by atoms with Gasteiger partial charge in [0.25, 0.3) is 0 Å². The fourth-order valence-corrected chi connectivity index (χ4v) is 2.44. The lowest BCUT2D eigenvalue weighted by Gasteiger charge is -2.03. The Hall–Kier alpha value is -1.16. The first-order valence-electron chi connectivity index (χ1n) is 4.40. The molecule has 1 aromatic carbocycles. The second kappa shape index (κ2) is 4.37. The van der Waals surface area contributed by atoms with Gasteiger partial charge in [0, 0.05) is 5.71 Å². The van der Waals surface area contributed by atoms with Crippen molar-refractivity contribution in [2.45, 2.75) is 18.2 Å². The largest absolute Gasteiger partial charge is 0.309 e. The molecular formula is C10H13NO2S. The fraction of sp³-hybridized carbons (Fsp3) is 0.300. The zero-order valence-corrected chi connectivity index (χ0v) is 8.84. The van der Waals surface area contributed by atoms with Crippen molar-refractivity contribution in [3.63, 3.8) is 0 Å². The van der Waals surface area contributed by atoms with Crippen molar-refractivity contribution in [1.29, 1.82) is 5.41 Å². The number of hydrogen-bond acceptors (Lipinski definition) is 3. The molecule has 0 fully saturated rings. The average Bonchev–Trinajstić information content (AvgIpc) is 2.18. The molecule has 0 atom stereocenters. The maximum absolute atomic E-state index is 11.7. The number of benzene rings is 1. The highest BCUT2D eigenvalue weighted by atomic mass is 32.2. The van der Waals surface area contributed by atoms with Crippen molar-refractivity contribution in [2.24, 2.45) is 0 Å². The van der Waals surface area contributed by atoms with Gasteiger partial charge in [-0.25, -0.2) is 8.42 Å². The van der Waals surface area contributed by atoms with Gasteiger partial charge in [-0.3, -0.25) is 0 Å². The number of hydrogen-bond donors (Lipinski definition) is 1. The minimum Gasteiger partial charge on any atom is -0.309 e. The summed E-state index contributed by atoms with van der Waals surface area (Å²) in [6, 6.07) is 8.24. The molecule has 0 saturated heterocycles. The summed E-state index contributed by atoms with van der Waals surface area (Å²) in [5, 5.41) is 7.36. The Bertz CT molecular complexity index is 409. The molecule has 4 heteroatoms. The zero-order valence-electron chi connectivity index (χ0n) is 8.03. The minimum absolute atomic E-state index is 0.173. The van der Waals surface area contributed by atoms with E-state index in [4.69, 9.17) is 5.41 Å². The molecule has 0 amide bonds. The predicted octanol–water partition coefficient (Wildman–Crippen LogP) is 1.89. The third-order valence-corrected chi connectivity index (χ3v) is 3.61. The van der Waals surface area contributed by atoms with E-state index in [1.54, 1.807) is 37.3 Å². The Labute approximate surface area is 84.2 Å². The van der Waals surface area contributed by atoms with Crippen LogP contribution in [0.1, 0.15) is 13.3 Å². The van der Waals surface area contributed by atoms with E-state index in [9.17, 15) is 8.42 Å². The van der Waals surface area contributed by atoms with Gasteiger partial charge in [-0.2, -0.15) is 0 Å². The molecule has 76 valence electrons. The molecule has 1 rings (SSSR count). The second-order valence-electron chi connectivity index (χ2n) is 3.03. The van der Waals surface area contributed by atoms with E-state index in [2.05, 4.69) is 0 Å². The highest BCUT2D eigenvalue weighted by Crippen LogP contribution is 2.10. The molecule has 0 radical (unpaired) electrons. The summed E-state index contributed by atoms with van der Waals surface area (Å²) in [5.74, 6) is -0.173. The summed E-state index contributed by atoms with van der Waals surface area (Å²) >= 11 is 0. The molecule has 0 bridgehead atoms. The lowest BCUT2D eigenvalue weighted by atomic mass is 10.3. The predicted molar refractivity (Wildman–Crippen MR) is 56.5 cm³/mol. The van der Waals surface area contributed by atoms with Crippen molar-refractivity contribution >= 4 is 15.5 Å². The van der Waals surface area contributed by atoms with Gasteiger partial charge < -0.3 is 5.41 Å².